The van der Waals surface area contributed by atoms with Crippen LogP contribution in [0.15, 0.2) is 76.8 Å². The first-order valence-corrected chi connectivity index (χ1v) is 12.6. The summed E-state index contributed by atoms with van der Waals surface area (Å²) in [5.41, 5.74) is -2.86. The number of pyridine rings is 1. The third kappa shape index (κ3) is 7.54. The zero-order chi connectivity index (χ0) is 28.0. The molecular weight excluding hydrogens is 544 g/mol. The second kappa shape index (κ2) is 12.1. The van der Waals surface area contributed by atoms with E-state index < -0.39 is 39.8 Å². The van der Waals surface area contributed by atoms with Crippen LogP contribution in [0.5, 0.6) is 0 Å². The van der Waals surface area contributed by atoms with E-state index in [1.807, 2.05) is 0 Å². The van der Waals surface area contributed by atoms with Gasteiger partial charge in [0.05, 0.1) is 24.3 Å². The van der Waals surface area contributed by atoms with Crippen molar-refractivity contribution in [2.75, 3.05) is 31.6 Å². The number of hydrogen-bond donors (Lipinski definition) is 1. The van der Waals surface area contributed by atoms with Gasteiger partial charge in [0.1, 0.15) is 0 Å². The maximum absolute atomic E-state index is 14.2. The first-order valence-electron chi connectivity index (χ1n) is 11.8. The first kappa shape index (κ1) is 28.5. The van der Waals surface area contributed by atoms with E-state index in [0.29, 0.717) is 28.9 Å². The largest absolute Gasteiger partial charge is 0.418 e. The maximum Gasteiger partial charge on any atom is 0.418 e. The summed E-state index contributed by atoms with van der Waals surface area (Å²) >= 11 is 0.580. The molecule has 4 rings (SSSR count). The highest BCUT2D eigenvalue weighted by atomic mass is 32.2. The van der Waals surface area contributed by atoms with Gasteiger partial charge in [0, 0.05) is 53.6 Å². The van der Waals surface area contributed by atoms with Crippen molar-refractivity contribution in [2.24, 2.45) is 0 Å². The van der Waals surface area contributed by atoms with Gasteiger partial charge in [-0.15, -0.1) is 0 Å². The minimum absolute atomic E-state index is 0.245. The van der Waals surface area contributed by atoms with E-state index in [-0.39, 0.29) is 26.3 Å². The molecule has 1 fully saturated rings. The molecule has 12 heteroatoms. The fraction of sp³-hybridized carbons (Fsp3) is 0.259. The van der Waals surface area contributed by atoms with Crippen molar-refractivity contribution < 1.29 is 35.9 Å². The van der Waals surface area contributed by atoms with Crippen molar-refractivity contribution in [1.29, 1.82) is 0 Å². The Kier molecular flexibility index (Phi) is 8.86. The lowest BCUT2D eigenvalue weighted by Gasteiger charge is -2.25. The number of carbonyl (C=O) groups excluding carboxylic acids is 1. The van der Waals surface area contributed by atoms with Crippen LogP contribution in [0.1, 0.15) is 22.3 Å². The first-order chi connectivity index (χ1) is 18.5. The van der Waals surface area contributed by atoms with Gasteiger partial charge in [-0.1, -0.05) is 23.9 Å². The number of nitrogens with one attached hydrogen (secondary N) is 1. The lowest BCUT2D eigenvalue weighted by molar-refractivity contribution is -0.163. The van der Waals surface area contributed by atoms with Gasteiger partial charge in [0.25, 0.3) is 0 Å². The molecular formula is C27H23F6N3O2S. The molecule has 1 aromatic heterocycles. The Balaban J connectivity index is 1.65. The van der Waals surface area contributed by atoms with Crippen LogP contribution >= 0.6 is 11.8 Å². The fourth-order valence-corrected chi connectivity index (χ4v) is 5.00. The van der Waals surface area contributed by atoms with Gasteiger partial charge in [-0.2, -0.15) is 26.3 Å². The second-order valence-corrected chi connectivity index (χ2v) is 9.62. The number of anilines is 1. The van der Waals surface area contributed by atoms with Crippen LogP contribution in [-0.4, -0.2) is 42.1 Å². The number of ether oxygens (including phenoxy) is 1. The van der Waals surface area contributed by atoms with Crippen molar-refractivity contribution in [2.45, 2.75) is 28.7 Å². The van der Waals surface area contributed by atoms with Crippen LogP contribution < -0.4 is 5.32 Å². The zero-order valence-electron chi connectivity index (χ0n) is 20.4. The van der Waals surface area contributed by atoms with E-state index in [4.69, 9.17) is 4.74 Å². The summed E-state index contributed by atoms with van der Waals surface area (Å²) in [5.74, 6) is -0.602. The molecule has 0 saturated carbocycles. The Morgan fingerprint density at radius 2 is 1.67 bits per heavy atom. The average molecular weight is 568 g/mol. The summed E-state index contributed by atoms with van der Waals surface area (Å²) in [7, 11) is 0. The van der Waals surface area contributed by atoms with Crippen molar-refractivity contribution in [3.63, 3.8) is 0 Å². The highest BCUT2D eigenvalue weighted by Gasteiger charge is 2.46. The maximum atomic E-state index is 14.2. The number of rotatable bonds is 7. The van der Waals surface area contributed by atoms with Gasteiger partial charge in [-0.05, 0) is 53.6 Å². The van der Waals surface area contributed by atoms with Crippen LogP contribution in [0.4, 0.5) is 32.0 Å². The number of benzene rings is 2. The third-order valence-corrected chi connectivity index (χ3v) is 6.85. The number of nitrogens with zero attached hydrogens (tertiary/aromatic N) is 2. The summed E-state index contributed by atoms with van der Waals surface area (Å²) in [5, 5.41) is 3.13. The predicted octanol–water partition coefficient (Wildman–Crippen LogP) is 6.75. The molecule has 1 N–H and O–H groups in total. The lowest BCUT2D eigenvalue weighted by atomic mass is 9.99. The molecule has 0 spiro atoms. The number of halogens is 6. The monoisotopic (exact) mass is 567 g/mol. The quantitative estimate of drug-likeness (QED) is 0.253. The zero-order valence-corrected chi connectivity index (χ0v) is 21.2. The standard InChI is InChI=1S/C27H23F6N3O2S/c28-26(29,30)24-19(5-7-23(37)36-12-14-38-15-13-36)4-6-22(25(24)27(31,32)33)39-21-3-1-2-20(16-21)35-17-18-8-10-34-11-9-18/h1-11,16,35H,12-15,17H2. The SMILES string of the molecule is O=C(C=Cc1ccc(Sc2cccc(NCc3ccncc3)c2)c(C(F)(F)F)c1C(F)(F)F)N1CCOCC1. The van der Waals surface area contributed by atoms with Crippen LogP contribution in [0.3, 0.4) is 0 Å². The van der Waals surface area contributed by atoms with E-state index in [1.54, 1.807) is 42.7 Å². The highest BCUT2D eigenvalue weighted by Crippen LogP contribution is 2.48. The van der Waals surface area contributed by atoms with E-state index in [2.05, 4.69) is 10.3 Å². The molecule has 39 heavy (non-hydrogen) atoms. The molecule has 2 heterocycles. The van der Waals surface area contributed by atoms with Crippen molar-refractivity contribution in [3.8, 4) is 0 Å². The van der Waals surface area contributed by atoms with Crippen LogP contribution in [0.2, 0.25) is 0 Å². The molecule has 0 radical (unpaired) electrons. The molecule has 1 aliphatic rings. The smallest absolute Gasteiger partial charge is 0.381 e. The molecule has 0 atom stereocenters. The fourth-order valence-electron chi connectivity index (χ4n) is 3.96. The van der Waals surface area contributed by atoms with Crippen molar-refractivity contribution >= 4 is 29.4 Å². The Hall–Kier alpha value is -3.51. The molecule has 2 aromatic carbocycles. The van der Waals surface area contributed by atoms with E-state index in [0.717, 1.165) is 29.8 Å². The topological polar surface area (TPSA) is 54.5 Å². The molecule has 0 aliphatic carbocycles. The molecule has 1 saturated heterocycles. The van der Waals surface area contributed by atoms with E-state index in [9.17, 15) is 31.1 Å². The summed E-state index contributed by atoms with van der Waals surface area (Å²) in [6.45, 7) is 1.47. The molecule has 5 nitrogen and oxygen atoms in total. The van der Waals surface area contributed by atoms with Crippen LogP contribution in [-0.2, 0) is 28.4 Å². The Labute approximate surface area is 224 Å². The number of alkyl halides is 6. The van der Waals surface area contributed by atoms with E-state index in [1.165, 1.54) is 11.0 Å². The summed E-state index contributed by atoms with van der Waals surface area (Å²) in [6, 6.07) is 11.9. The van der Waals surface area contributed by atoms with Gasteiger partial charge < -0.3 is 15.0 Å². The van der Waals surface area contributed by atoms with Gasteiger partial charge >= 0.3 is 12.4 Å². The summed E-state index contributed by atoms with van der Waals surface area (Å²) in [4.78, 5) is 17.4. The van der Waals surface area contributed by atoms with Crippen molar-refractivity contribution in [3.05, 3.63) is 89.3 Å². The number of amides is 1. The number of morpholine rings is 1. The van der Waals surface area contributed by atoms with Gasteiger partial charge in [0.15, 0.2) is 0 Å². The average Bonchev–Trinajstić information content (AvgIpc) is 2.91. The van der Waals surface area contributed by atoms with Crippen LogP contribution in [0, 0.1) is 0 Å². The Bertz CT molecular complexity index is 1320. The molecule has 0 bridgehead atoms. The number of hydrogen-bond acceptors (Lipinski definition) is 5. The highest BCUT2D eigenvalue weighted by molar-refractivity contribution is 7.99. The third-order valence-electron chi connectivity index (χ3n) is 5.80. The molecule has 3 aromatic rings. The summed E-state index contributed by atoms with van der Waals surface area (Å²) < 4.78 is 89.9. The predicted molar refractivity (Wildman–Crippen MR) is 135 cm³/mol. The van der Waals surface area contributed by atoms with Gasteiger partial charge in [-0.25, -0.2) is 0 Å². The second-order valence-electron chi connectivity index (χ2n) is 8.51. The minimum atomic E-state index is -5.32. The molecule has 1 amide bonds. The lowest BCUT2D eigenvalue weighted by Crippen LogP contribution is -2.39. The molecule has 0 unspecified atom stereocenters. The summed E-state index contributed by atoms with van der Waals surface area (Å²) in [6.07, 6.45) is -5.73. The Morgan fingerprint density at radius 3 is 2.33 bits per heavy atom. The number of carbonyl (C=O) groups is 1. The van der Waals surface area contributed by atoms with E-state index >= 15 is 0 Å². The van der Waals surface area contributed by atoms with Gasteiger partial charge in [-0.3, -0.25) is 9.78 Å². The molecule has 1 aliphatic heterocycles. The number of aromatic nitrogens is 1. The van der Waals surface area contributed by atoms with Gasteiger partial charge in [0.2, 0.25) is 5.91 Å². The normalized spacial score (nSPS) is 14.6. The molecule has 206 valence electrons. The van der Waals surface area contributed by atoms with Crippen LogP contribution in [0.25, 0.3) is 6.08 Å². The minimum Gasteiger partial charge on any atom is -0.381 e. The van der Waals surface area contributed by atoms with Crippen molar-refractivity contribution in [1.82, 2.24) is 9.88 Å². The Morgan fingerprint density at radius 1 is 0.974 bits per heavy atom.